The Hall–Kier alpha value is -4.08. The van der Waals surface area contributed by atoms with E-state index in [-0.39, 0.29) is 12.5 Å². The number of nitrogens with zero attached hydrogens (tertiary/aromatic N) is 4. The van der Waals surface area contributed by atoms with Gasteiger partial charge in [0.1, 0.15) is 12.6 Å². The van der Waals surface area contributed by atoms with Gasteiger partial charge in [-0.2, -0.15) is 4.68 Å². The molecule has 2 heterocycles. The van der Waals surface area contributed by atoms with Crippen molar-refractivity contribution in [1.82, 2.24) is 20.2 Å². The molecular formula is C26H22Cl2N6O3. The second-order valence-electron chi connectivity index (χ2n) is 8.28. The topological polar surface area (TPSA) is 103 Å². The van der Waals surface area contributed by atoms with Crippen LogP contribution in [0.1, 0.15) is 24.1 Å². The van der Waals surface area contributed by atoms with Crippen molar-refractivity contribution in [2.45, 2.75) is 19.6 Å². The second kappa shape index (κ2) is 10.5. The number of carbonyl (C=O) groups excluding carboxylic acids is 1. The average Bonchev–Trinajstić information content (AvgIpc) is 3.37. The van der Waals surface area contributed by atoms with Crippen LogP contribution in [0.5, 0.6) is 11.5 Å². The standard InChI is InChI=1S/C26H22Cl2N6O3/c1-15-23(25(35)30-18-6-4-3-5-7-18)24(34-26(29-15)31-32-33-34)17-9-11-21(22(13-17)36-2)37-14-16-8-10-19(27)20(28)12-16/h3-13,24H,14H2,1-2H3,(H,30,35)(H,29,31,33). The van der Waals surface area contributed by atoms with E-state index in [4.69, 9.17) is 32.7 Å². The number of hydrogen-bond donors (Lipinski definition) is 2. The van der Waals surface area contributed by atoms with Crippen LogP contribution in [0, 0.1) is 0 Å². The Labute approximate surface area is 223 Å². The van der Waals surface area contributed by atoms with Gasteiger partial charge in [-0.1, -0.05) is 58.6 Å². The molecule has 9 nitrogen and oxygen atoms in total. The Morgan fingerprint density at radius 1 is 1.05 bits per heavy atom. The quantitative estimate of drug-likeness (QED) is 0.321. The second-order valence-corrected chi connectivity index (χ2v) is 9.10. The number of nitrogens with one attached hydrogen (secondary N) is 2. The van der Waals surface area contributed by atoms with E-state index in [2.05, 4.69) is 26.2 Å². The molecular weight excluding hydrogens is 515 g/mol. The maximum Gasteiger partial charge on any atom is 0.255 e. The highest BCUT2D eigenvalue weighted by Crippen LogP contribution is 2.39. The number of rotatable bonds is 7. The number of methoxy groups -OCH3 is 1. The number of tetrazole rings is 1. The largest absolute Gasteiger partial charge is 0.493 e. The number of benzene rings is 3. The molecule has 37 heavy (non-hydrogen) atoms. The van der Waals surface area contributed by atoms with E-state index >= 15 is 0 Å². The number of hydrogen-bond acceptors (Lipinski definition) is 7. The molecule has 3 aromatic carbocycles. The van der Waals surface area contributed by atoms with Crippen molar-refractivity contribution in [1.29, 1.82) is 0 Å². The predicted molar refractivity (Wildman–Crippen MR) is 141 cm³/mol. The first-order valence-corrected chi connectivity index (χ1v) is 12.1. The number of anilines is 2. The smallest absolute Gasteiger partial charge is 0.255 e. The normalized spacial score (nSPS) is 14.5. The third-order valence-electron chi connectivity index (χ3n) is 5.87. The van der Waals surface area contributed by atoms with E-state index in [0.717, 1.165) is 11.1 Å². The Morgan fingerprint density at radius 2 is 1.86 bits per heavy atom. The highest BCUT2D eigenvalue weighted by Gasteiger charge is 2.34. The van der Waals surface area contributed by atoms with Crippen LogP contribution in [0.2, 0.25) is 10.0 Å². The SMILES string of the molecule is COc1cc(C2C(C(=O)Nc3ccccc3)=C(C)Nc3nnnn32)ccc1OCc1ccc(Cl)c(Cl)c1. The van der Waals surface area contributed by atoms with Crippen LogP contribution < -0.4 is 20.1 Å². The summed E-state index contributed by atoms with van der Waals surface area (Å²) in [4.78, 5) is 13.5. The first-order valence-electron chi connectivity index (χ1n) is 11.3. The van der Waals surface area contributed by atoms with E-state index in [0.29, 0.717) is 44.5 Å². The van der Waals surface area contributed by atoms with Gasteiger partial charge in [0.05, 0.1) is 22.7 Å². The van der Waals surface area contributed by atoms with Gasteiger partial charge in [0.15, 0.2) is 11.5 Å². The van der Waals surface area contributed by atoms with Crippen molar-refractivity contribution >= 4 is 40.7 Å². The molecule has 188 valence electrons. The van der Waals surface area contributed by atoms with Gasteiger partial charge >= 0.3 is 0 Å². The van der Waals surface area contributed by atoms with Crippen molar-refractivity contribution < 1.29 is 14.3 Å². The summed E-state index contributed by atoms with van der Waals surface area (Å²) in [5, 5.41) is 19.0. The highest BCUT2D eigenvalue weighted by molar-refractivity contribution is 6.42. The molecule has 1 unspecified atom stereocenters. The summed E-state index contributed by atoms with van der Waals surface area (Å²) in [6, 6.07) is 19.4. The molecule has 4 aromatic rings. The lowest BCUT2D eigenvalue weighted by Crippen LogP contribution is -2.31. The fraction of sp³-hybridized carbons (Fsp3) is 0.154. The molecule has 0 fully saturated rings. The molecule has 0 spiro atoms. The van der Waals surface area contributed by atoms with Crippen LogP contribution in [0.15, 0.2) is 78.0 Å². The average molecular weight is 537 g/mol. The van der Waals surface area contributed by atoms with E-state index in [1.807, 2.05) is 55.5 Å². The van der Waals surface area contributed by atoms with E-state index < -0.39 is 6.04 Å². The molecule has 5 rings (SSSR count). The van der Waals surface area contributed by atoms with Gasteiger partial charge in [0, 0.05) is 11.4 Å². The van der Waals surface area contributed by atoms with Gasteiger partial charge in [-0.25, -0.2) is 0 Å². The summed E-state index contributed by atoms with van der Waals surface area (Å²) in [6.45, 7) is 2.08. The maximum absolute atomic E-state index is 13.5. The van der Waals surface area contributed by atoms with E-state index in [1.54, 1.807) is 30.0 Å². The fourth-order valence-corrected chi connectivity index (χ4v) is 4.42. The number of amides is 1. The fourth-order valence-electron chi connectivity index (χ4n) is 4.10. The monoisotopic (exact) mass is 536 g/mol. The number of carbonyl (C=O) groups is 1. The van der Waals surface area contributed by atoms with Gasteiger partial charge in [-0.05, 0) is 64.9 Å². The summed E-state index contributed by atoms with van der Waals surface area (Å²) < 4.78 is 13.2. The molecule has 1 amide bonds. The van der Waals surface area contributed by atoms with Crippen LogP contribution in [-0.2, 0) is 11.4 Å². The molecule has 11 heteroatoms. The molecule has 0 radical (unpaired) electrons. The van der Waals surface area contributed by atoms with Gasteiger partial charge < -0.3 is 20.1 Å². The number of allylic oxidation sites excluding steroid dienone is 1. The molecule has 1 aliphatic rings. The Bertz CT molecular complexity index is 1490. The van der Waals surface area contributed by atoms with Crippen LogP contribution in [-0.4, -0.2) is 33.2 Å². The molecule has 0 saturated heterocycles. The number of ether oxygens (including phenoxy) is 2. The van der Waals surface area contributed by atoms with Gasteiger partial charge in [-0.3, -0.25) is 4.79 Å². The minimum atomic E-state index is -0.604. The summed E-state index contributed by atoms with van der Waals surface area (Å²) in [5.74, 6) is 1.17. The number of halogens is 2. The maximum atomic E-state index is 13.5. The van der Waals surface area contributed by atoms with Crippen LogP contribution >= 0.6 is 23.2 Å². The van der Waals surface area contributed by atoms with Crippen molar-refractivity contribution in [3.05, 3.63) is 99.2 Å². The van der Waals surface area contributed by atoms with E-state index in [9.17, 15) is 4.79 Å². The lowest BCUT2D eigenvalue weighted by molar-refractivity contribution is -0.113. The first kappa shape index (κ1) is 24.6. The van der Waals surface area contributed by atoms with Crippen LogP contribution in [0.4, 0.5) is 11.6 Å². The molecule has 0 aliphatic carbocycles. The summed E-state index contributed by atoms with van der Waals surface area (Å²) in [7, 11) is 1.56. The lowest BCUT2D eigenvalue weighted by Gasteiger charge is -2.28. The van der Waals surface area contributed by atoms with Crippen LogP contribution in [0.25, 0.3) is 0 Å². The third-order valence-corrected chi connectivity index (χ3v) is 6.61. The minimum absolute atomic E-state index is 0.265. The predicted octanol–water partition coefficient (Wildman–Crippen LogP) is 5.50. The van der Waals surface area contributed by atoms with Crippen LogP contribution in [0.3, 0.4) is 0 Å². The number of para-hydroxylation sites is 1. The first-order chi connectivity index (χ1) is 17.9. The molecule has 1 aliphatic heterocycles. The van der Waals surface area contributed by atoms with Crippen molar-refractivity contribution in [3.63, 3.8) is 0 Å². The van der Waals surface area contributed by atoms with Gasteiger partial charge in [-0.15, -0.1) is 0 Å². The van der Waals surface area contributed by atoms with Crippen molar-refractivity contribution in [2.24, 2.45) is 0 Å². The van der Waals surface area contributed by atoms with Gasteiger partial charge in [0.25, 0.3) is 5.91 Å². The Kier molecular flexibility index (Phi) is 6.98. The van der Waals surface area contributed by atoms with Crippen molar-refractivity contribution in [3.8, 4) is 11.5 Å². The molecule has 0 saturated carbocycles. The minimum Gasteiger partial charge on any atom is -0.493 e. The molecule has 0 bridgehead atoms. The van der Waals surface area contributed by atoms with Crippen molar-refractivity contribution in [2.75, 3.05) is 17.7 Å². The zero-order valence-electron chi connectivity index (χ0n) is 19.9. The van der Waals surface area contributed by atoms with E-state index in [1.165, 1.54) is 0 Å². The summed E-state index contributed by atoms with van der Waals surface area (Å²) in [6.07, 6.45) is 0. The summed E-state index contributed by atoms with van der Waals surface area (Å²) >= 11 is 12.1. The highest BCUT2D eigenvalue weighted by atomic mass is 35.5. The number of fused-ring (bicyclic) bond motifs is 1. The molecule has 1 atom stereocenters. The molecule has 2 N–H and O–H groups in total. The zero-order chi connectivity index (χ0) is 25.9. The lowest BCUT2D eigenvalue weighted by atomic mass is 9.94. The molecule has 1 aromatic heterocycles. The van der Waals surface area contributed by atoms with Gasteiger partial charge in [0.2, 0.25) is 5.95 Å². The third kappa shape index (κ3) is 5.09. The Morgan fingerprint density at radius 3 is 2.62 bits per heavy atom. The number of aromatic nitrogens is 4. The Balaban J connectivity index is 1.46. The zero-order valence-corrected chi connectivity index (χ0v) is 21.4. The summed E-state index contributed by atoms with van der Waals surface area (Å²) in [5.41, 5.74) is 3.38.